The number of amides is 1. The zero-order chi connectivity index (χ0) is 33.8. The Morgan fingerprint density at radius 2 is 1.50 bits per heavy atom. The number of ether oxygens (including phenoxy) is 1. The van der Waals surface area contributed by atoms with Gasteiger partial charge in [0, 0.05) is 23.5 Å². The minimum absolute atomic E-state index is 0.0599. The highest BCUT2D eigenvalue weighted by Gasteiger charge is 2.29. The monoisotopic (exact) mass is 670 g/mol. The van der Waals surface area contributed by atoms with Crippen molar-refractivity contribution in [2.24, 2.45) is 0 Å². The summed E-state index contributed by atoms with van der Waals surface area (Å²) >= 11 is 0.793. The Morgan fingerprint density at radius 3 is 2.02 bits per heavy atom. The zero-order valence-corrected chi connectivity index (χ0v) is 25.3. The second-order valence-electron chi connectivity index (χ2n) is 9.15. The van der Waals surface area contributed by atoms with Crippen molar-refractivity contribution < 1.29 is 42.5 Å². The fourth-order valence-electron chi connectivity index (χ4n) is 3.92. The number of aromatic nitrogens is 1. The van der Waals surface area contributed by atoms with Crippen LogP contribution in [0.5, 0.6) is 0 Å². The summed E-state index contributed by atoms with van der Waals surface area (Å²) in [6, 6.07) is 11.3. The van der Waals surface area contributed by atoms with Crippen LogP contribution in [-0.4, -0.2) is 52.8 Å². The van der Waals surface area contributed by atoms with Crippen molar-refractivity contribution >= 4 is 72.8 Å². The summed E-state index contributed by atoms with van der Waals surface area (Å²) in [6.07, 6.45) is 0. The largest absolute Gasteiger partial charge is 0.478 e. The van der Waals surface area contributed by atoms with Gasteiger partial charge in [-0.05, 0) is 62.4 Å². The Hall–Kier alpha value is -5.95. The maximum atomic E-state index is 13.0. The van der Waals surface area contributed by atoms with E-state index in [0.717, 1.165) is 35.6 Å². The van der Waals surface area contributed by atoms with E-state index in [4.69, 9.17) is 9.84 Å². The van der Waals surface area contributed by atoms with Gasteiger partial charge in [-0.25, -0.2) is 23.0 Å². The lowest BCUT2D eigenvalue weighted by Gasteiger charge is -2.11. The normalized spacial score (nSPS) is 10.9. The van der Waals surface area contributed by atoms with Gasteiger partial charge in [-0.1, -0.05) is 11.3 Å². The van der Waals surface area contributed by atoms with Gasteiger partial charge >= 0.3 is 23.3 Å². The standard InChI is InChI=1S/C27H22N6O11S2/c1-3-44-26(37)23-14(2)28-27(45-23)31-46(42,43)19-10-8-18(9-11-19)30-24(34)16-12-20(32(38)39)22(21(13-16)33(40)41)29-17-6-4-15(5-7-17)25(35)36/h4-13,29H,3H2,1-2H3,(H,28,31)(H,30,34)(H,35,36). The van der Waals surface area contributed by atoms with Gasteiger partial charge < -0.3 is 20.5 Å². The van der Waals surface area contributed by atoms with Crippen LogP contribution in [0.2, 0.25) is 0 Å². The third-order valence-corrected chi connectivity index (χ3v) is 8.59. The summed E-state index contributed by atoms with van der Waals surface area (Å²) in [7, 11) is -4.17. The molecule has 0 bridgehead atoms. The van der Waals surface area contributed by atoms with E-state index in [-0.39, 0.29) is 44.1 Å². The molecule has 17 nitrogen and oxygen atoms in total. The molecule has 0 saturated carbocycles. The molecule has 3 aromatic carbocycles. The number of carboxylic acids is 1. The third kappa shape index (κ3) is 7.39. The number of hydrogen-bond donors (Lipinski definition) is 4. The quantitative estimate of drug-likeness (QED) is 0.0886. The number of nitro benzene ring substituents is 2. The van der Waals surface area contributed by atoms with Crippen molar-refractivity contribution in [3.05, 3.63) is 103 Å². The summed E-state index contributed by atoms with van der Waals surface area (Å²) in [5, 5.41) is 37.6. The van der Waals surface area contributed by atoms with Crippen molar-refractivity contribution in [3.8, 4) is 0 Å². The molecule has 1 heterocycles. The fraction of sp³-hybridized carbons (Fsp3) is 0.111. The van der Waals surface area contributed by atoms with Crippen molar-refractivity contribution in [1.29, 1.82) is 0 Å². The Kier molecular flexibility index (Phi) is 9.57. The first-order valence-corrected chi connectivity index (χ1v) is 15.2. The topological polar surface area (TPSA) is 250 Å². The molecule has 4 aromatic rings. The first-order valence-electron chi connectivity index (χ1n) is 12.9. The number of sulfonamides is 1. The number of aromatic carboxylic acids is 1. The zero-order valence-electron chi connectivity index (χ0n) is 23.7. The van der Waals surface area contributed by atoms with E-state index in [0.29, 0.717) is 0 Å². The molecule has 19 heteroatoms. The van der Waals surface area contributed by atoms with Gasteiger partial charge in [0.25, 0.3) is 15.9 Å². The van der Waals surface area contributed by atoms with Crippen LogP contribution in [-0.2, 0) is 14.8 Å². The number of benzene rings is 3. The molecule has 1 aromatic heterocycles. The third-order valence-electron chi connectivity index (χ3n) is 6.06. The number of aryl methyl sites for hydroxylation is 1. The summed E-state index contributed by atoms with van der Waals surface area (Å²) in [5.74, 6) is -2.83. The van der Waals surface area contributed by atoms with E-state index in [9.17, 15) is 43.0 Å². The molecular weight excluding hydrogens is 648 g/mol. The molecule has 0 saturated heterocycles. The number of esters is 1. The van der Waals surface area contributed by atoms with Crippen molar-refractivity contribution in [2.75, 3.05) is 22.0 Å². The molecule has 0 fully saturated rings. The highest BCUT2D eigenvalue weighted by molar-refractivity contribution is 7.93. The lowest BCUT2D eigenvalue weighted by molar-refractivity contribution is -0.392. The summed E-state index contributed by atoms with van der Waals surface area (Å²) in [5.41, 5.74) is -2.23. The van der Waals surface area contributed by atoms with Crippen molar-refractivity contribution in [3.63, 3.8) is 0 Å². The average molecular weight is 671 g/mol. The van der Waals surface area contributed by atoms with Crippen LogP contribution >= 0.6 is 11.3 Å². The molecule has 0 atom stereocenters. The summed E-state index contributed by atoms with van der Waals surface area (Å²) in [6.45, 7) is 3.27. The van der Waals surface area contributed by atoms with Gasteiger partial charge in [0.15, 0.2) is 10.8 Å². The second-order valence-corrected chi connectivity index (χ2v) is 11.8. The molecular formula is C27H22N6O11S2. The molecule has 0 aliphatic heterocycles. The van der Waals surface area contributed by atoms with Crippen LogP contribution in [0.25, 0.3) is 0 Å². The van der Waals surface area contributed by atoms with Crippen LogP contribution in [0, 0.1) is 27.2 Å². The van der Waals surface area contributed by atoms with Gasteiger partial charge in [0.1, 0.15) is 4.88 Å². The van der Waals surface area contributed by atoms with Crippen LogP contribution < -0.4 is 15.4 Å². The lowest BCUT2D eigenvalue weighted by Crippen LogP contribution is -2.15. The maximum Gasteiger partial charge on any atom is 0.350 e. The number of carbonyl (C=O) groups excluding carboxylic acids is 2. The lowest BCUT2D eigenvalue weighted by atomic mass is 10.1. The van der Waals surface area contributed by atoms with Crippen LogP contribution in [0.4, 0.5) is 33.6 Å². The first kappa shape index (κ1) is 33.0. The smallest absolute Gasteiger partial charge is 0.350 e. The van der Waals surface area contributed by atoms with Crippen LogP contribution in [0.3, 0.4) is 0 Å². The number of hydrogen-bond acceptors (Lipinski definition) is 13. The second kappa shape index (κ2) is 13.4. The molecule has 1 amide bonds. The Balaban J connectivity index is 1.55. The number of rotatable bonds is 12. The molecule has 0 aliphatic carbocycles. The van der Waals surface area contributed by atoms with Crippen LogP contribution in [0.15, 0.2) is 65.6 Å². The average Bonchev–Trinajstić information content (AvgIpc) is 3.36. The molecule has 238 valence electrons. The van der Waals surface area contributed by atoms with Gasteiger partial charge in [0.2, 0.25) is 0 Å². The molecule has 0 spiro atoms. The highest BCUT2D eigenvalue weighted by Crippen LogP contribution is 2.38. The SMILES string of the molecule is CCOC(=O)c1sc(NS(=O)(=O)c2ccc(NC(=O)c3cc([N+](=O)[O-])c(Nc4ccc(C(=O)O)cc4)c([N+](=O)[O-])c3)cc2)nc1C. The predicted octanol–water partition coefficient (Wildman–Crippen LogP) is 4.94. The molecule has 0 radical (unpaired) electrons. The number of nitrogens with zero attached hydrogens (tertiary/aromatic N) is 3. The van der Waals surface area contributed by atoms with Crippen molar-refractivity contribution in [1.82, 2.24) is 4.98 Å². The van der Waals surface area contributed by atoms with Crippen LogP contribution in [0.1, 0.15) is 43.0 Å². The predicted molar refractivity (Wildman–Crippen MR) is 164 cm³/mol. The molecule has 4 N–H and O–H groups in total. The minimum atomic E-state index is -4.17. The van der Waals surface area contributed by atoms with E-state index in [1.54, 1.807) is 6.92 Å². The summed E-state index contributed by atoms with van der Waals surface area (Å²) < 4.78 is 32.9. The summed E-state index contributed by atoms with van der Waals surface area (Å²) in [4.78, 5) is 61.9. The van der Waals surface area contributed by atoms with Crippen molar-refractivity contribution in [2.45, 2.75) is 18.7 Å². The number of carboxylic acid groups (broad SMARTS) is 1. The van der Waals surface area contributed by atoms with E-state index in [1.165, 1.54) is 43.3 Å². The number of carbonyl (C=O) groups is 3. The first-order chi connectivity index (χ1) is 21.7. The minimum Gasteiger partial charge on any atom is -0.478 e. The van der Waals surface area contributed by atoms with E-state index >= 15 is 0 Å². The molecule has 46 heavy (non-hydrogen) atoms. The van der Waals surface area contributed by atoms with E-state index < -0.39 is 60.3 Å². The number of thiazole rings is 1. The van der Waals surface area contributed by atoms with Gasteiger partial charge in [-0.15, -0.1) is 0 Å². The molecule has 4 rings (SSSR count). The fourth-order valence-corrected chi connectivity index (χ4v) is 6.02. The molecule has 0 aliphatic rings. The van der Waals surface area contributed by atoms with Gasteiger partial charge in [-0.3, -0.25) is 29.7 Å². The Bertz CT molecular complexity index is 1940. The Labute approximate surface area is 263 Å². The number of nitro groups is 2. The van der Waals surface area contributed by atoms with E-state index in [2.05, 4.69) is 20.3 Å². The number of anilines is 4. The van der Waals surface area contributed by atoms with Gasteiger partial charge in [-0.2, -0.15) is 0 Å². The molecule has 0 unspecified atom stereocenters. The number of nitrogens with one attached hydrogen (secondary N) is 3. The van der Waals surface area contributed by atoms with E-state index in [1.807, 2.05) is 0 Å². The maximum absolute atomic E-state index is 13.0. The highest BCUT2D eigenvalue weighted by atomic mass is 32.2. The van der Waals surface area contributed by atoms with Gasteiger partial charge in [0.05, 0.1) is 38.2 Å². The Morgan fingerprint density at radius 1 is 0.935 bits per heavy atom.